The van der Waals surface area contributed by atoms with E-state index in [2.05, 4.69) is 20.1 Å². The quantitative estimate of drug-likeness (QED) is 0.124. The first kappa shape index (κ1) is 23.8. The summed E-state index contributed by atoms with van der Waals surface area (Å²) in [7, 11) is 0. The van der Waals surface area contributed by atoms with Crippen molar-refractivity contribution in [2.45, 2.75) is 27.2 Å². The Bertz CT molecular complexity index is 1500. The largest absolute Gasteiger partial charge is 0.457 e. The number of hydrogen-bond donors (Lipinski definition) is 0. The molecule has 0 aromatic heterocycles. The maximum Gasteiger partial charge on any atom is 0.338 e. The van der Waals surface area contributed by atoms with Gasteiger partial charge in [0, 0.05) is 32.7 Å². The fourth-order valence-corrected chi connectivity index (χ4v) is 3.74. The Morgan fingerprint density at radius 3 is 1.80 bits per heavy atom. The molecular formula is C30H26O5. The zero-order chi connectivity index (χ0) is 25.1. The van der Waals surface area contributed by atoms with Crippen LogP contribution in [0.1, 0.15) is 26.3 Å². The minimum atomic E-state index is -0.550. The van der Waals surface area contributed by atoms with Crippen LogP contribution < -0.4 is 14.2 Å². The lowest BCUT2D eigenvalue weighted by Gasteiger charge is -2.17. The van der Waals surface area contributed by atoms with Crippen LogP contribution in [0.5, 0.6) is 23.0 Å². The third-order valence-electron chi connectivity index (χ3n) is 5.56. The number of carbonyl (C=O) groups is 2. The standard InChI is InChI=1S/C30H26O5/c1-6-20-11-7-10-14-26(20)33-21-15-16-24-25(17-21)28(35-30(32)19(4)5)23-13-9-8-12-22(23)27(24)34-29(31)18(2)3/h7-17H,2,4,6H2,1,3,5H3. The molecule has 0 saturated carbocycles. The third kappa shape index (κ3) is 4.80. The second kappa shape index (κ2) is 9.85. The maximum atomic E-state index is 12.6. The molecule has 35 heavy (non-hydrogen) atoms. The van der Waals surface area contributed by atoms with E-state index in [1.165, 1.54) is 0 Å². The van der Waals surface area contributed by atoms with Crippen LogP contribution in [0.15, 0.2) is 91.0 Å². The van der Waals surface area contributed by atoms with Crippen molar-refractivity contribution >= 4 is 33.5 Å². The molecule has 4 rings (SSSR count). The molecule has 0 radical (unpaired) electrons. The fourth-order valence-electron chi connectivity index (χ4n) is 3.74. The first-order valence-electron chi connectivity index (χ1n) is 11.3. The van der Waals surface area contributed by atoms with Gasteiger partial charge < -0.3 is 14.2 Å². The van der Waals surface area contributed by atoms with Gasteiger partial charge in [-0.25, -0.2) is 9.59 Å². The lowest BCUT2D eigenvalue weighted by Crippen LogP contribution is -2.11. The Morgan fingerprint density at radius 1 is 0.714 bits per heavy atom. The summed E-state index contributed by atoms with van der Waals surface area (Å²) in [5, 5.41) is 2.41. The molecule has 0 aliphatic heterocycles. The highest BCUT2D eigenvalue weighted by Crippen LogP contribution is 2.45. The van der Waals surface area contributed by atoms with E-state index in [-0.39, 0.29) is 11.1 Å². The van der Waals surface area contributed by atoms with Crippen LogP contribution in [0.4, 0.5) is 0 Å². The summed E-state index contributed by atoms with van der Waals surface area (Å²) in [5.41, 5.74) is 1.61. The first-order chi connectivity index (χ1) is 16.8. The van der Waals surface area contributed by atoms with Crippen molar-refractivity contribution in [2.24, 2.45) is 0 Å². The number of fused-ring (bicyclic) bond motifs is 2. The molecule has 176 valence electrons. The van der Waals surface area contributed by atoms with Crippen molar-refractivity contribution in [3.8, 4) is 23.0 Å². The molecule has 0 amide bonds. The smallest absolute Gasteiger partial charge is 0.338 e. The second-order valence-electron chi connectivity index (χ2n) is 8.31. The van der Waals surface area contributed by atoms with Crippen LogP contribution in [0.3, 0.4) is 0 Å². The van der Waals surface area contributed by atoms with E-state index < -0.39 is 11.9 Å². The molecule has 0 heterocycles. The van der Waals surface area contributed by atoms with Gasteiger partial charge >= 0.3 is 11.9 Å². The molecule has 0 N–H and O–H groups in total. The van der Waals surface area contributed by atoms with E-state index >= 15 is 0 Å². The monoisotopic (exact) mass is 466 g/mol. The summed E-state index contributed by atoms with van der Waals surface area (Å²) >= 11 is 0. The van der Waals surface area contributed by atoms with E-state index in [9.17, 15) is 9.59 Å². The predicted octanol–water partition coefficient (Wildman–Crippen LogP) is 7.31. The first-order valence-corrected chi connectivity index (χ1v) is 11.3. The molecule has 0 fully saturated rings. The molecule has 0 bridgehead atoms. The number of ether oxygens (including phenoxy) is 3. The number of aryl methyl sites for hydroxylation is 1. The van der Waals surface area contributed by atoms with Crippen molar-refractivity contribution in [2.75, 3.05) is 0 Å². The minimum Gasteiger partial charge on any atom is -0.457 e. The van der Waals surface area contributed by atoms with E-state index in [4.69, 9.17) is 14.2 Å². The summed E-state index contributed by atoms with van der Waals surface area (Å²) in [6, 6.07) is 20.5. The van der Waals surface area contributed by atoms with Crippen LogP contribution in [0.2, 0.25) is 0 Å². The molecule has 5 heteroatoms. The summed E-state index contributed by atoms with van der Waals surface area (Å²) in [5.74, 6) is 0.904. The number of carbonyl (C=O) groups excluding carboxylic acids is 2. The van der Waals surface area contributed by atoms with Crippen LogP contribution in [-0.4, -0.2) is 11.9 Å². The Balaban J connectivity index is 1.98. The van der Waals surface area contributed by atoms with Gasteiger partial charge in [-0.2, -0.15) is 0 Å². The zero-order valence-corrected chi connectivity index (χ0v) is 20.0. The lowest BCUT2D eigenvalue weighted by molar-refractivity contribution is -0.130. The molecule has 0 aliphatic rings. The molecule has 0 unspecified atom stereocenters. The van der Waals surface area contributed by atoms with Crippen molar-refractivity contribution in [1.29, 1.82) is 0 Å². The van der Waals surface area contributed by atoms with Gasteiger partial charge in [-0.1, -0.05) is 62.5 Å². The molecule has 0 saturated heterocycles. The van der Waals surface area contributed by atoms with Crippen LogP contribution in [0, 0.1) is 0 Å². The highest BCUT2D eigenvalue weighted by Gasteiger charge is 2.21. The highest BCUT2D eigenvalue weighted by molar-refractivity contribution is 6.14. The number of para-hydroxylation sites is 1. The number of rotatable bonds is 7. The Morgan fingerprint density at radius 2 is 1.23 bits per heavy atom. The second-order valence-corrected chi connectivity index (χ2v) is 8.31. The maximum absolute atomic E-state index is 12.6. The zero-order valence-electron chi connectivity index (χ0n) is 20.0. The van der Waals surface area contributed by atoms with E-state index in [0.717, 1.165) is 17.7 Å². The normalized spacial score (nSPS) is 10.7. The van der Waals surface area contributed by atoms with Gasteiger partial charge in [0.05, 0.1) is 0 Å². The van der Waals surface area contributed by atoms with Gasteiger partial charge in [0.1, 0.15) is 23.0 Å². The van der Waals surface area contributed by atoms with Crippen molar-refractivity contribution < 1.29 is 23.8 Å². The molecule has 5 nitrogen and oxygen atoms in total. The molecule has 0 atom stereocenters. The van der Waals surface area contributed by atoms with Crippen LogP contribution in [0.25, 0.3) is 21.5 Å². The SMILES string of the molecule is C=C(C)C(=O)Oc1c2ccccc2c(OC(=O)C(=C)C)c2cc(Oc3ccccc3CC)ccc12. The van der Waals surface area contributed by atoms with Crippen molar-refractivity contribution in [3.63, 3.8) is 0 Å². The summed E-state index contributed by atoms with van der Waals surface area (Å²) in [4.78, 5) is 25.0. The Kier molecular flexibility index (Phi) is 6.69. The topological polar surface area (TPSA) is 61.8 Å². The van der Waals surface area contributed by atoms with Crippen molar-refractivity contribution in [3.05, 3.63) is 96.6 Å². The number of hydrogen-bond acceptors (Lipinski definition) is 5. The minimum absolute atomic E-state index is 0.268. The van der Waals surface area contributed by atoms with Gasteiger partial charge in [-0.05, 0) is 50.1 Å². The predicted molar refractivity (Wildman–Crippen MR) is 138 cm³/mol. The lowest BCUT2D eigenvalue weighted by atomic mass is 10.00. The molecule has 4 aromatic rings. The van der Waals surface area contributed by atoms with Gasteiger partial charge in [-0.3, -0.25) is 0 Å². The van der Waals surface area contributed by atoms with E-state index in [1.54, 1.807) is 32.0 Å². The molecule has 0 aliphatic carbocycles. The van der Waals surface area contributed by atoms with Gasteiger partial charge in [0.2, 0.25) is 0 Å². The Hall–Kier alpha value is -4.38. The van der Waals surface area contributed by atoms with Gasteiger partial charge in [0.25, 0.3) is 0 Å². The third-order valence-corrected chi connectivity index (χ3v) is 5.56. The summed E-state index contributed by atoms with van der Waals surface area (Å²) in [6.45, 7) is 12.6. The average Bonchev–Trinajstić information content (AvgIpc) is 2.85. The van der Waals surface area contributed by atoms with Gasteiger partial charge in [-0.15, -0.1) is 0 Å². The van der Waals surface area contributed by atoms with E-state index in [1.807, 2.05) is 48.5 Å². The fraction of sp³-hybridized carbons (Fsp3) is 0.133. The van der Waals surface area contributed by atoms with Gasteiger partial charge in [0.15, 0.2) is 0 Å². The molecule has 4 aromatic carbocycles. The molecular weight excluding hydrogens is 440 g/mol. The number of esters is 2. The Labute approximate surface area is 204 Å². The van der Waals surface area contributed by atoms with Crippen LogP contribution in [-0.2, 0) is 16.0 Å². The summed E-state index contributed by atoms with van der Waals surface area (Å²) < 4.78 is 17.8. The highest BCUT2D eigenvalue weighted by atomic mass is 16.5. The van der Waals surface area contributed by atoms with E-state index in [0.29, 0.717) is 38.8 Å². The van der Waals surface area contributed by atoms with Crippen molar-refractivity contribution in [1.82, 2.24) is 0 Å². The average molecular weight is 467 g/mol. The summed E-state index contributed by atoms with van der Waals surface area (Å²) in [6.07, 6.45) is 0.816. The van der Waals surface area contributed by atoms with Crippen LogP contribution >= 0.6 is 0 Å². The molecule has 0 spiro atoms. The number of benzene rings is 4.